The summed E-state index contributed by atoms with van der Waals surface area (Å²) in [5.74, 6) is -1.92. The van der Waals surface area contributed by atoms with E-state index in [1.54, 1.807) is 22.8 Å². The molecule has 1 fully saturated rings. The molecule has 184 valence electrons. The number of hydrogen-bond acceptors (Lipinski definition) is 4. The largest absolute Gasteiger partial charge is 0.416 e. The van der Waals surface area contributed by atoms with Crippen LogP contribution in [0.1, 0.15) is 40.4 Å². The number of amides is 1. The normalized spacial score (nSPS) is 13.6. The third-order valence-electron chi connectivity index (χ3n) is 5.96. The number of aryl methyl sites for hydroxylation is 1. The Hall–Kier alpha value is -4.21. The van der Waals surface area contributed by atoms with Crippen LogP contribution in [0.3, 0.4) is 0 Å². The number of hydrogen-bond donors (Lipinski definition) is 2. The topological polar surface area (TPSA) is 76.0 Å². The number of carbonyl (C=O) groups excluding carboxylic acids is 1. The minimum absolute atomic E-state index is 0.0132. The van der Waals surface area contributed by atoms with E-state index in [9.17, 15) is 27.2 Å². The van der Waals surface area contributed by atoms with Gasteiger partial charge in [-0.3, -0.25) is 9.59 Å². The van der Waals surface area contributed by atoms with Crippen LogP contribution in [0.4, 0.5) is 34.8 Å². The van der Waals surface area contributed by atoms with Crippen molar-refractivity contribution in [2.45, 2.75) is 32.0 Å². The van der Waals surface area contributed by atoms with Gasteiger partial charge in [0.1, 0.15) is 5.82 Å². The van der Waals surface area contributed by atoms with Crippen LogP contribution in [-0.2, 0) is 6.18 Å². The molecule has 0 unspecified atom stereocenters. The van der Waals surface area contributed by atoms with Gasteiger partial charge in [-0.15, -0.1) is 0 Å². The van der Waals surface area contributed by atoms with Gasteiger partial charge in [0.25, 0.3) is 11.5 Å². The summed E-state index contributed by atoms with van der Waals surface area (Å²) in [6.07, 6.45) is -3.17. The average Bonchev–Trinajstić information content (AvgIpc) is 3.65. The second-order valence-corrected chi connectivity index (χ2v) is 8.68. The van der Waals surface area contributed by atoms with Gasteiger partial charge >= 0.3 is 6.18 Å². The van der Waals surface area contributed by atoms with E-state index >= 15 is 0 Å². The number of benzene rings is 2. The van der Waals surface area contributed by atoms with Gasteiger partial charge in [-0.2, -0.15) is 13.2 Å². The molecule has 36 heavy (non-hydrogen) atoms. The third-order valence-corrected chi connectivity index (χ3v) is 5.96. The third kappa shape index (κ3) is 4.66. The molecule has 2 aromatic carbocycles. The maximum absolute atomic E-state index is 13.9. The maximum Gasteiger partial charge on any atom is 0.416 e. The van der Waals surface area contributed by atoms with Crippen LogP contribution >= 0.6 is 0 Å². The van der Waals surface area contributed by atoms with Crippen molar-refractivity contribution in [2.75, 3.05) is 10.6 Å². The molecule has 2 aromatic heterocycles. The molecule has 1 amide bonds. The van der Waals surface area contributed by atoms with Crippen molar-refractivity contribution < 1.29 is 22.4 Å². The molecular formula is C26H20F4N4O2. The molecule has 0 spiro atoms. The Balaban J connectivity index is 1.61. The van der Waals surface area contributed by atoms with Crippen molar-refractivity contribution in [3.8, 4) is 0 Å². The highest BCUT2D eigenvalue weighted by Crippen LogP contribution is 2.37. The standard InChI is InChI=1S/C26H20F4N4O2/c1-14-4-2-3-5-19(14)31-24-21(13-22-20(32-24)8-9-23(35)34(22)18-6-7-18)33-25(36)15-10-16(26(28,29)30)12-17(27)11-15/h2-5,8-13,18H,6-7H2,1H3,(H,31,32)(H,33,36). The Morgan fingerprint density at radius 1 is 1.03 bits per heavy atom. The summed E-state index contributed by atoms with van der Waals surface area (Å²) in [6, 6.07) is 13.6. The van der Waals surface area contributed by atoms with E-state index in [1.165, 1.54) is 6.07 Å². The maximum atomic E-state index is 13.9. The van der Waals surface area contributed by atoms with Crippen molar-refractivity contribution >= 4 is 34.1 Å². The number of halogens is 4. The lowest BCUT2D eigenvalue weighted by atomic mass is 10.1. The second-order valence-electron chi connectivity index (χ2n) is 8.68. The molecule has 0 atom stereocenters. The van der Waals surface area contributed by atoms with Gasteiger partial charge in [0.2, 0.25) is 0 Å². The predicted octanol–water partition coefficient (Wildman–Crippen LogP) is 6.19. The van der Waals surface area contributed by atoms with Crippen LogP contribution in [-0.4, -0.2) is 15.5 Å². The van der Waals surface area contributed by atoms with Crippen LogP contribution < -0.4 is 16.2 Å². The molecule has 1 saturated carbocycles. The number of anilines is 3. The van der Waals surface area contributed by atoms with E-state index in [2.05, 4.69) is 15.6 Å². The lowest BCUT2D eigenvalue weighted by Crippen LogP contribution is -2.20. The van der Waals surface area contributed by atoms with Crippen molar-refractivity contribution in [1.29, 1.82) is 0 Å². The fraction of sp³-hybridized carbons (Fsp3) is 0.192. The molecule has 2 heterocycles. The van der Waals surface area contributed by atoms with Crippen LogP contribution in [0, 0.1) is 12.7 Å². The molecule has 10 heteroatoms. The fourth-order valence-electron chi connectivity index (χ4n) is 4.00. The first-order chi connectivity index (χ1) is 17.1. The SMILES string of the molecule is Cc1ccccc1Nc1nc2ccc(=O)n(C3CC3)c2cc1NC(=O)c1cc(F)cc(C(F)(F)F)c1. The highest BCUT2D eigenvalue weighted by molar-refractivity contribution is 6.07. The molecule has 0 bridgehead atoms. The Kier molecular flexibility index (Phi) is 5.74. The zero-order valence-electron chi connectivity index (χ0n) is 19.0. The van der Waals surface area contributed by atoms with Crippen molar-refractivity contribution in [3.05, 3.63) is 93.5 Å². The average molecular weight is 496 g/mol. The number of pyridine rings is 2. The Morgan fingerprint density at radius 2 is 1.78 bits per heavy atom. The van der Waals surface area contributed by atoms with E-state index in [-0.39, 0.29) is 23.1 Å². The number of aromatic nitrogens is 2. The van der Waals surface area contributed by atoms with E-state index in [0.717, 1.165) is 24.5 Å². The highest BCUT2D eigenvalue weighted by atomic mass is 19.4. The molecular weight excluding hydrogens is 476 g/mol. The number of rotatable bonds is 5. The molecule has 5 rings (SSSR count). The quantitative estimate of drug-likeness (QED) is 0.323. The van der Waals surface area contributed by atoms with E-state index in [1.807, 2.05) is 25.1 Å². The Bertz CT molecular complexity index is 1560. The van der Waals surface area contributed by atoms with Crippen molar-refractivity contribution in [2.24, 2.45) is 0 Å². The lowest BCUT2D eigenvalue weighted by molar-refractivity contribution is -0.137. The van der Waals surface area contributed by atoms with Gasteiger partial charge in [-0.1, -0.05) is 18.2 Å². The molecule has 2 N–H and O–H groups in total. The smallest absolute Gasteiger partial charge is 0.338 e. The number of fused-ring (bicyclic) bond motifs is 1. The summed E-state index contributed by atoms with van der Waals surface area (Å²) in [6.45, 7) is 1.87. The molecule has 6 nitrogen and oxygen atoms in total. The zero-order chi connectivity index (χ0) is 25.6. The van der Waals surface area contributed by atoms with Crippen LogP contribution in [0.15, 0.2) is 65.5 Å². The molecule has 1 aliphatic carbocycles. The van der Waals surface area contributed by atoms with Gasteiger partial charge in [0.15, 0.2) is 5.82 Å². The Labute approximate surface area is 202 Å². The van der Waals surface area contributed by atoms with Gasteiger partial charge in [-0.05, 0) is 61.7 Å². The van der Waals surface area contributed by atoms with E-state index in [0.29, 0.717) is 28.9 Å². The van der Waals surface area contributed by atoms with Crippen molar-refractivity contribution in [1.82, 2.24) is 9.55 Å². The first kappa shape index (κ1) is 23.5. The summed E-state index contributed by atoms with van der Waals surface area (Å²) < 4.78 is 55.0. The second kappa shape index (κ2) is 8.78. The van der Waals surface area contributed by atoms with E-state index < -0.39 is 29.0 Å². The molecule has 1 aliphatic rings. The van der Waals surface area contributed by atoms with Gasteiger partial charge < -0.3 is 15.2 Å². The molecule has 0 saturated heterocycles. The van der Waals surface area contributed by atoms with Gasteiger partial charge in [-0.25, -0.2) is 9.37 Å². The number of alkyl halides is 3. The minimum atomic E-state index is -4.82. The Morgan fingerprint density at radius 3 is 2.47 bits per heavy atom. The molecule has 0 radical (unpaired) electrons. The first-order valence-electron chi connectivity index (χ1n) is 11.2. The number of nitrogens with one attached hydrogen (secondary N) is 2. The summed E-state index contributed by atoms with van der Waals surface area (Å²) in [7, 11) is 0. The van der Waals surface area contributed by atoms with Crippen LogP contribution in [0.5, 0.6) is 0 Å². The van der Waals surface area contributed by atoms with E-state index in [4.69, 9.17) is 0 Å². The first-order valence-corrected chi connectivity index (χ1v) is 11.2. The van der Waals surface area contributed by atoms with Crippen molar-refractivity contribution in [3.63, 3.8) is 0 Å². The van der Waals surface area contributed by atoms with Crippen LogP contribution in [0.2, 0.25) is 0 Å². The van der Waals surface area contributed by atoms with Gasteiger partial charge in [0, 0.05) is 23.4 Å². The van der Waals surface area contributed by atoms with Gasteiger partial charge in [0.05, 0.1) is 22.3 Å². The highest BCUT2D eigenvalue weighted by Gasteiger charge is 2.32. The number of para-hydroxylation sites is 1. The summed E-state index contributed by atoms with van der Waals surface area (Å²) in [5, 5.41) is 5.71. The molecule has 4 aromatic rings. The molecule has 0 aliphatic heterocycles. The number of carbonyl (C=O) groups is 1. The fourth-order valence-corrected chi connectivity index (χ4v) is 4.00. The number of nitrogens with zero attached hydrogens (tertiary/aromatic N) is 2. The minimum Gasteiger partial charge on any atom is -0.338 e. The predicted molar refractivity (Wildman–Crippen MR) is 128 cm³/mol. The zero-order valence-corrected chi connectivity index (χ0v) is 19.0. The summed E-state index contributed by atoms with van der Waals surface area (Å²) in [5.41, 5.74) is 0.700. The monoisotopic (exact) mass is 496 g/mol. The lowest BCUT2D eigenvalue weighted by Gasteiger charge is -2.17. The summed E-state index contributed by atoms with van der Waals surface area (Å²) >= 11 is 0. The summed E-state index contributed by atoms with van der Waals surface area (Å²) in [4.78, 5) is 30.1. The van der Waals surface area contributed by atoms with Crippen LogP contribution in [0.25, 0.3) is 11.0 Å².